The second-order valence-corrected chi connectivity index (χ2v) is 7.61. The van der Waals surface area contributed by atoms with E-state index in [-0.39, 0.29) is 0 Å². The van der Waals surface area contributed by atoms with Crippen LogP contribution in [0.15, 0.2) is 71.8 Å². The minimum absolute atomic E-state index is 0.412. The van der Waals surface area contributed by atoms with Gasteiger partial charge in [0.25, 0.3) is 0 Å². The van der Waals surface area contributed by atoms with Crippen LogP contribution in [0.2, 0.25) is 0 Å². The molecule has 0 radical (unpaired) electrons. The molecular formula is C26H27N3O4. The standard InChI is InChI=1S/C26H27N3O4/c1-17-12-18(2)14-22(13-17)27-25(30)26(31)29-28-19(3)21-10-11-23(24(15-21)32-4)33-16-20-8-6-5-7-9-20/h5-15H,16H2,1-4H3,(H,27,30)(H,29,31). The van der Waals surface area contributed by atoms with Crippen LogP contribution >= 0.6 is 0 Å². The lowest BCUT2D eigenvalue weighted by Crippen LogP contribution is -2.33. The summed E-state index contributed by atoms with van der Waals surface area (Å²) in [7, 11) is 1.56. The molecule has 0 bridgehead atoms. The molecule has 0 heterocycles. The average molecular weight is 446 g/mol. The van der Waals surface area contributed by atoms with Crippen LogP contribution in [0.4, 0.5) is 5.69 Å². The Kier molecular flexibility index (Phi) is 7.81. The number of methoxy groups -OCH3 is 1. The van der Waals surface area contributed by atoms with Gasteiger partial charge in [-0.15, -0.1) is 0 Å². The predicted octanol–water partition coefficient (Wildman–Crippen LogP) is 4.37. The molecule has 33 heavy (non-hydrogen) atoms. The van der Waals surface area contributed by atoms with Gasteiger partial charge in [-0.3, -0.25) is 9.59 Å². The highest BCUT2D eigenvalue weighted by atomic mass is 16.5. The van der Waals surface area contributed by atoms with Crippen molar-refractivity contribution >= 4 is 23.2 Å². The molecule has 0 aromatic heterocycles. The summed E-state index contributed by atoms with van der Waals surface area (Å²) < 4.78 is 11.3. The molecule has 2 N–H and O–H groups in total. The number of hydrogen-bond donors (Lipinski definition) is 2. The minimum Gasteiger partial charge on any atom is -0.493 e. The Bertz CT molecular complexity index is 1150. The Hall–Kier alpha value is -4.13. The molecule has 170 valence electrons. The summed E-state index contributed by atoms with van der Waals surface area (Å²) in [5, 5.41) is 6.63. The van der Waals surface area contributed by atoms with Gasteiger partial charge in [0, 0.05) is 11.3 Å². The van der Waals surface area contributed by atoms with Crippen LogP contribution in [-0.4, -0.2) is 24.6 Å². The number of hydrazone groups is 1. The van der Waals surface area contributed by atoms with Gasteiger partial charge in [0.2, 0.25) is 0 Å². The minimum atomic E-state index is -0.858. The molecule has 2 amide bonds. The zero-order chi connectivity index (χ0) is 23.8. The normalized spacial score (nSPS) is 11.0. The van der Waals surface area contributed by atoms with Gasteiger partial charge >= 0.3 is 11.8 Å². The van der Waals surface area contributed by atoms with Crippen molar-refractivity contribution in [3.05, 3.63) is 89.0 Å². The number of hydrogen-bond acceptors (Lipinski definition) is 5. The van der Waals surface area contributed by atoms with Crippen molar-refractivity contribution in [3.63, 3.8) is 0 Å². The Balaban J connectivity index is 1.63. The first-order valence-electron chi connectivity index (χ1n) is 10.4. The molecule has 0 aliphatic heterocycles. The van der Waals surface area contributed by atoms with E-state index in [0.717, 1.165) is 16.7 Å². The maximum Gasteiger partial charge on any atom is 0.329 e. The summed E-state index contributed by atoms with van der Waals surface area (Å²) in [6, 6.07) is 20.7. The molecule has 0 spiro atoms. The molecular weight excluding hydrogens is 418 g/mol. The van der Waals surface area contributed by atoms with Crippen molar-refractivity contribution in [2.45, 2.75) is 27.4 Å². The third kappa shape index (κ3) is 6.67. The van der Waals surface area contributed by atoms with Gasteiger partial charge in [0.05, 0.1) is 12.8 Å². The van der Waals surface area contributed by atoms with E-state index < -0.39 is 11.8 Å². The van der Waals surface area contributed by atoms with E-state index in [2.05, 4.69) is 15.8 Å². The third-order valence-corrected chi connectivity index (χ3v) is 4.83. The first-order chi connectivity index (χ1) is 15.9. The van der Waals surface area contributed by atoms with E-state index >= 15 is 0 Å². The third-order valence-electron chi connectivity index (χ3n) is 4.83. The summed E-state index contributed by atoms with van der Waals surface area (Å²) in [6.07, 6.45) is 0. The summed E-state index contributed by atoms with van der Waals surface area (Å²) in [5.74, 6) is -0.520. The van der Waals surface area contributed by atoms with Crippen LogP contribution in [-0.2, 0) is 16.2 Å². The Morgan fingerprint density at radius 2 is 1.58 bits per heavy atom. The van der Waals surface area contributed by atoms with Crippen LogP contribution in [0.1, 0.15) is 29.2 Å². The highest BCUT2D eigenvalue weighted by Gasteiger charge is 2.14. The fourth-order valence-electron chi connectivity index (χ4n) is 3.23. The highest BCUT2D eigenvalue weighted by molar-refractivity contribution is 6.39. The molecule has 0 atom stereocenters. The lowest BCUT2D eigenvalue weighted by Gasteiger charge is -2.12. The zero-order valence-corrected chi connectivity index (χ0v) is 19.1. The topological polar surface area (TPSA) is 89.0 Å². The number of benzene rings is 3. The number of carbonyl (C=O) groups is 2. The Morgan fingerprint density at radius 3 is 2.24 bits per heavy atom. The van der Waals surface area contributed by atoms with Crippen molar-refractivity contribution in [1.29, 1.82) is 0 Å². The van der Waals surface area contributed by atoms with Gasteiger partial charge in [0.15, 0.2) is 11.5 Å². The van der Waals surface area contributed by atoms with Gasteiger partial charge in [-0.1, -0.05) is 36.4 Å². The number of ether oxygens (including phenoxy) is 2. The molecule has 7 nitrogen and oxygen atoms in total. The lowest BCUT2D eigenvalue weighted by atomic mass is 10.1. The molecule has 0 unspecified atom stereocenters. The largest absolute Gasteiger partial charge is 0.493 e. The molecule has 0 aliphatic rings. The smallest absolute Gasteiger partial charge is 0.329 e. The van der Waals surface area contributed by atoms with E-state index in [1.54, 1.807) is 38.3 Å². The van der Waals surface area contributed by atoms with Crippen LogP contribution < -0.4 is 20.2 Å². The van der Waals surface area contributed by atoms with Crippen LogP contribution in [0.5, 0.6) is 11.5 Å². The average Bonchev–Trinajstić information content (AvgIpc) is 2.80. The van der Waals surface area contributed by atoms with Crippen LogP contribution in [0, 0.1) is 13.8 Å². The van der Waals surface area contributed by atoms with Gasteiger partial charge in [-0.05, 0) is 67.8 Å². The first kappa shape index (κ1) is 23.5. The second-order valence-electron chi connectivity index (χ2n) is 7.61. The Labute approximate surface area is 193 Å². The lowest BCUT2D eigenvalue weighted by molar-refractivity contribution is -0.136. The van der Waals surface area contributed by atoms with Crippen molar-refractivity contribution < 1.29 is 19.1 Å². The van der Waals surface area contributed by atoms with Crippen LogP contribution in [0.3, 0.4) is 0 Å². The molecule has 7 heteroatoms. The zero-order valence-electron chi connectivity index (χ0n) is 19.1. The molecule has 3 aromatic rings. The van der Waals surface area contributed by atoms with Gasteiger partial charge < -0.3 is 14.8 Å². The second kappa shape index (κ2) is 10.9. The van der Waals surface area contributed by atoms with Gasteiger partial charge in [-0.2, -0.15) is 5.10 Å². The quantitative estimate of drug-likeness (QED) is 0.321. The monoisotopic (exact) mass is 445 g/mol. The predicted molar refractivity (Wildman–Crippen MR) is 129 cm³/mol. The van der Waals surface area contributed by atoms with Gasteiger partial charge in [-0.25, -0.2) is 5.43 Å². The maximum atomic E-state index is 12.2. The number of nitrogens with zero attached hydrogens (tertiary/aromatic N) is 1. The van der Waals surface area contributed by atoms with Crippen molar-refractivity contribution in [2.24, 2.45) is 5.10 Å². The molecule has 0 saturated heterocycles. The molecule has 3 rings (SSSR count). The van der Waals surface area contributed by atoms with Crippen LogP contribution in [0.25, 0.3) is 0 Å². The SMILES string of the molecule is COc1cc(C(C)=NNC(=O)C(=O)Nc2cc(C)cc(C)c2)ccc1OCc1ccccc1. The van der Waals surface area contributed by atoms with Crippen molar-refractivity contribution in [2.75, 3.05) is 12.4 Å². The number of amides is 2. The molecule has 0 saturated carbocycles. The first-order valence-corrected chi connectivity index (χ1v) is 10.4. The highest BCUT2D eigenvalue weighted by Crippen LogP contribution is 2.29. The molecule has 3 aromatic carbocycles. The summed E-state index contributed by atoms with van der Waals surface area (Å²) >= 11 is 0. The van der Waals surface area contributed by atoms with E-state index in [9.17, 15) is 9.59 Å². The number of rotatable bonds is 7. The van der Waals surface area contributed by atoms with E-state index in [0.29, 0.717) is 35.1 Å². The van der Waals surface area contributed by atoms with E-state index in [1.807, 2.05) is 56.3 Å². The summed E-state index contributed by atoms with van der Waals surface area (Å²) in [5.41, 5.74) is 7.11. The molecule has 0 fully saturated rings. The number of nitrogens with one attached hydrogen (secondary N) is 2. The van der Waals surface area contributed by atoms with Crippen molar-refractivity contribution in [1.82, 2.24) is 5.43 Å². The Morgan fingerprint density at radius 1 is 0.879 bits per heavy atom. The van der Waals surface area contributed by atoms with Gasteiger partial charge in [0.1, 0.15) is 6.61 Å². The fraction of sp³-hybridized carbons (Fsp3) is 0.192. The maximum absolute atomic E-state index is 12.2. The number of carbonyl (C=O) groups excluding carboxylic acids is 2. The van der Waals surface area contributed by atoms with E-state index in [1.165, 1.54) is 0 Å². The summed E-state index contributed by atoms with van der Waals surface area (Å²) in [6.45, 7) is 5.97. The van der Waals surface area contributed by atoms with E-state index in [4.69, 9.17) is 9.47 Å². The number of aryl methyl sites for hydroxylation is 2. The fourth-order valence-corrected chi connectivity index (χ4v) is 3.23. The molecule has 0 aliphatic carbocycles. The number of anilines is 1. The summed E-state index contributed by atoms with van der Waals surface area (Å²) in [4.78, 5) is 24.4. The van der Waals surface area contributed by atoms with Crippen molar-refractivity contribution in [3.8, 4) is 11.5 Å².